The minimum absolute atomic E-state index is 0.0424. The summed E-state index contributed by atoms with van der Waals surface area (Å²) in [7, 11) is 0. The average Bonchev–Trinajstić information content (AvgIpc) is 3.15. The minimum atomic E-state index is -0.824. The maximum atomic E-state index is 13.5. The lowest BCUT2D eigenvalue weighted by Gasteiger charge is -2.27. The number of para-hydroxylation sites is 1. The number of aryl methyl sites for hydroxylation is 1. The summed E-state index contributed by atoms with van der Waals surface area (Å²) in [6.07, 6.45) is 0. The number of ketones is 1. The number of carbonyl (C=O) groups is 2. The van der Waals surface area contributed by atoms with Gasteiger partial charge >= 0.3 is 0 Å². The summed E-state index contributed by atoms with van der Waals surface area (Å²) in [5, 5.41) is 11.6. The third-order valence-corrected chi connectivity index (χ3v) is 6.51. The number of hydrogen-bond donors (Lipinski definition) is 1. The van der Waals surface area contributed by atoms with Gasteiger partial charge in [0.2, 0.25) is 0 Å². The van der Waals surface area contributed by atoms with Crippen molar-refractivity contribution in [1.82, 2.24) is 0 Å². The van der Waals surface area contributed by atoms with E-state index >= 15 is 0 Å². The number of aliphatic hydroxyl groups is 1. The van der Waals surface area contributed by atoms with Gasteiger partial charge in [0.25, 0.3) is 11.7 Å². The Labute approximate surface area is 218 Å². The van der Waals surface area contributed by atoms with Crippen LogP contribution in [0.15, 0.2) is 72.3 Å². The van der Waals surface area contributed by atoms with Crippen LogP contribution in [0.1, 0.15) is 61.9 Å². The lowest BCUT2D eigenvalue weighted by Crippen LogP contribution is -2.30. The van der Waals surface area contributed by atoms with Crippen molar-refractivity contribution in [2.75, 3.05) is 18.1 Å². The highest BCUT2D eigenvalue weighted by Gasteiger charge is 2.47. The molecule has 1 N–H and O–H groups in total. The number of carbonyl (C=O) groups excluding carboxylic acids is 2. The van der Waals surface area contributed by atoms with Crippen molar-refractivity contribution in [2.45, 2.75) is 46.6 Å². The van der Waals surface area contributed by atoms with Gasteiger partial charge in [-0.05, 0) is 79.8 Å². The van der Waals surface area contributed by atoms with Crippen molar-refractivity contribution >= 4 is 23.1 Å². The molecule has 3 aromatic carbocycles. The molecule has 1 heterocycles. The molecule has 1 aliphatic heterocycles. The van der Waals surface area contributed by atoms with E-state index in [-0.39, 0.29) is 17.3 Å². The van der Waals surface area contributed by atoms with E-state index < -0.39 is 17.7 Å². The number of hydrogen-bond acceptors (Lipinski definition) is 5. The van der Waals surface area contributed by atoms with Crippen molar-refractivity contribution in [1.29, 1.82) is 0 Å². The second-order valence-electron chi connectivity index (χ2n) is 9.30. The molecule has 1 fully saturated rings. The predicted molar refractivity (Wildman–Crippen MR) is 145 cm³/mol. The summed E-state index contributed by atoms with van der Waals surface area (Å²) in [4.78, 5) is 28.5. The molecular weight excluding hydrogens is 466 g/mol. The first-order valence-electron chi connectivity index (χ1n) is 12.6. The highest BCUT2D eigenvalue weighted by molar-refractivity contribution is 6.51. The second-order valence-corrected chi connectivity index (χ2v) is 9.30. The number of amides is 1. The average molecular weight is 500 g/mol. The SMILES string of the molecule is CCOc1cccc(C2/C(=C(\O)c3ccc(OCC)c(C(C)C)c3)C(=O)C(=O)N2c2ccccc2C)c1. The molecule has 192 valence electrons. The fourth-order valence-electron chi connectivity index (χ4n) is 4.76. The summed E-state index contributed by atoms with van der Waals surface area (Å²) in [6.45, 7) is 10.8. The largest absolute Gasteiger partial charge is 0.507 e. The third-order valence-electron chi connectivity index (χ3n) is 6.51. The lowest BCUT2D eigenvalue weighted by molar-refractivity contribution is -0.132. The molecule has 0 aliphatic carbocycles. The molecule has 1 aliphatic rings. The quantitative estimate of drug-likeness (QED) is 0.216. The molecule has 37 heavy (non-hydrogen) atoms. The van der Waals surface area contributed by atoms with Crippen LogP contribution in [0, 0.1) is 6.92 Å². The monoisotopic (exact) mass is 499 g/mol. The molecule has 1 atom stereocenters. The van der Waals surface area contributed by atoms with Gasteiger partial charge < -0.3 is 14.6 Å². The Morgan fingerprint density at radius 3 is 2.35 bits per heavy atom. The highest BCUT2D eigenvalue weighted by Crippen LogP contribution is 2.44. The third kappa shape index (κ3) is 4.96. The summed E-state index contributed by atoms with van der Waals surface area (Å²) >= 11 is 0. The number of benzene rings is 3. The smallest absolute Gasteiger partial charge is 0.300 e. The maximum absolute atomic E-state index is 13.5. The van der Waals surface area contributed by atoms with E-state index in [1.165, 1.54) is 4.90 Å². The summed E-state index contributed by atoms with van der Waals surface area (Å²) in [5.41, 5.74) is 3.55. The van der Waals surface area contributed by atoms with E-state index in [1.54, 1.807) is 12.1 Å². The van der Waals surface area contributed by atoms with Gasteiger partial charge in [0.1, 0.15) is 17.3 Å². The molecule has 0 radical (unpaired) electrons. The van der Waals surface area contributed by atoms with Crippen molar-refractivity contribution < 1.29 is 24.2 Å². The van der Waals surface area contributed by atoms with E-state index in [0.29, 0.717) is 35.8 Å². The Kier molecular flexibility index (Phi) is 7.67. The van der Waals surface area contributed by atoms with Crippen LogP contribution in [-0.4, -0.2) is 30.0 Å². The summed E-state index contributed by atoms with van der Waals surface area (Å²) < 4.78 is 11.5. The molecule has 0 aromatic heterocycles. The first-order chi connectivity index (χ1) is 17.8. The highest BCUT2D eigenvalue weighted by atomic mass is 16.5. The molecule has 1 amide bonds. The molecular formula is C31H33NO5. The van der Waals surface area contributed by atoms with E-state index in [2.05, 4.69) is 0 Å². The second kappa shape index (κ2) is 10.9. The van der Waals surface area contributed by atoms with Gasteiger partial charge in [0.15, 0.2) is 0 Å². The maximum Gasteiger partial charge on any atom is 0.300 e. The molecule has 4 rings (SSSR count). The van der Waals surface area contributed by atoms with E-state index in [4.69, 9.17) is 9.47 Å². The first kappa shape index (κ1) is 26.0. The van der Waals surface area contributed by atoms with Gasteiger partial charge in [-0.3, -0.25) is 14.5 Å². The van der Waals surface area contributed by atoms with Gasteiger partial charge in [0.05, 0.1) is 24.8 Å². The van der Waals surface area contributed by atoms with E-state index in [0.717, 1.165) is 16.9 Å². The minimum Gasteiger partial charge on any atom is -0.507 e. The number of anilines is 1. The molecule has 0 bridgehead atoms. The van der Waals surface area contributed by atoms with Crippen LogP contribution in [0.25, 0.3) is 5.76 Å². The standard InChI is InChI=1S/C31H33NO5/c1-6-36-23-13-10-12-21(17-23)28-27(30(34)31(35)32(28)25-14-9-8-11-20(25)5)29(33)22-15-16-26(37-7-2)24(18-22)19(3)4/h8-19,28,33H,6-7H2,1-5H3/b29-27+. The summed E-state index contributed by atoms with van der Waals surface area (Å²) in [6, 6.07) is 19.3. The number of rotatable bonds is 8. The number of aliphatic hydroxyl groups excluding tert-OH is 1. The Morgan fingerprint density at radius 2 is 1.68 bits per heavy atom. The molecule has 0 spiro atoms. The van der Waals surface area contributed by atoms with Crippen LogP contribution in [0.2, 0.25) is 0 Å². The van der Waals surface area contributed by atoms with Crippen molar-refractivity contribution in [3.63, 3.8) is 0 Å². The van der Waals surface area contributed by atoms with Gasteiger partial charge in [-0.2, -0.15) is 0 Å². The Hall–Kier alpha value is -4.06. The molecule has 6 nitrogen and oxygen atoms in total. The van der Waals surface area contributed by atoms with E-state index in [1.807, 2.05) is 89.2 Å². The Morgan fingerprint density at radius 1 is 0.946 bits per heavy atom. The van der Waals surface area contributed by atoms with Gasteiger partial charge in [-0.25, -0.2) is 0 Å². The van der Waals surface area contributed by atoms with Crippen LogP contribution >= 0.6 is 0 Å². The molecule has 1 unspecified atom stereocenters. The fourth-order valence-corrected chi connectivity index (χ4v) is 4.76. The molecule has 6 heteroatoms. The molecule has 0 saturated carbocycles. The van der Waals surface area contributed by atoms with Crippen LogP contribution in [-0.2, 0) is 9.59 Å². The molecule has 1 saturated heterocycles. The zero-order valence-electron chi connectivity index (χ0n) is 21.9. The van der Waals surface area contributed by atoms with E-state index in [9.17, 15) is 14.7 Å². The zero-order valence-corrected chi connectivity index (χ0v) is 21.9. The van der Waals surface area contributed by atoms with Crippen LogP contribution in [0.3, 0.4) is 0 Å². The number of Topliss-reactive ketones (excluding diaryl/α,β-unsaturated/α-hetero) is 1. The van der Waals surface area contributed by atoms with Crippen molar-refractivity contribution in [2.24, 2.45) is 0 Å². The first-order valence-corrected chi connectivity index (χ1v) is 12.6. The number of nitrogens with zero attached hydrogens (tertiary/aromatic N) is 1. The fraction of sp³-hybridized carbons (Fsp3) is 0.290. The van der Waals surface area contributed by atoms with Crippen molar-refractivity contribution in [3.05, 3.63) is 94.6 Å². The zero-order chi connectivity index (χ0) is 26.7. The Balaban J connectivity index is 1.95. The van der Waals surface area contributed by atoms with Gasteiger partial charge in [-0.15, -0.1) is 0 Å². The summed E-state index contributed by atoms with van der Waals surface area (Å²) in [5.74, 6) is -0.146. The topological polar surface area (TPSA) is 76.1 Å². The molecule has 3 aromatic rings. The van der Waals surface area contributed by atoms with Gasteiger partial charge in [-0.1, -0.05) is 44.2 Å². The van der Waals surface area contributed by atoms with Gasteiger partial charge in [0, 0.05) is 11.3 Å². The van der Waals surface area contributed by atoms with Crippen LogP contribution < -0.4 is 14.4 Å². The number of ether oxygens (including phenoxy) is 2. The predicted octanol–water partition coefficient (Wildman–Crippen LogP) is 6.54. The normalized spacial score (nSPS) is 16.9. The van der Waals surface area contributed by atoms with Crippen LogP contribution in [0.5, 0.6) is 11.5 Å². The van der Waals surface area contributed by atoms with Crippen molar-refractivity contribution in [3.8, 4) is 11.5 Å². The Bertz CT molecular complexity index is 1360. The lowest BCUT2D eigenvalue weighted by atomic mass is 9.93. The van der Waals surface area contributed by atoms with Crippen LogP contribution in [0.4, 0.5) is 5.69 Å².